The molecule has 172 valence electrons. The van der Waals surface area contributed by atoms with Crippen molar-refractivity contribution in [2.45, 2.75) is 13.5 Å². The minimum atomic E-state index is -3.51. The van der Waals surface area contributed by atoms with E-state index in [2.05, 4.69) is 31.2 Å². The van der Waals surface area contributed by atoms with Crippen LogP contribution in [0.15, 0.2) is 37.2 Å². The van der Waals surface area contributed by atoms with Crippen molar-refractivity contribution in [3.63, 3.8) is 0 Å². The summed E-state index contributed by atoms with van der Waals surface area (Å²) in [5.74, 6) is 1.67. The van der Waals surface area contributed by atoms with E-state index in [0.29, 0.717) is 31.1 Å². The molecule has 0 saturated heterocycles. The van der Waals surface area contributed by atoms with Gasteiger partial charge in [-0.05, 0) is 36.2 Å². The zero-order valence-corrected chi connectivity index (χ0v) is 19.7. The molecule has 3 N–H and O–H groups in total. The van der Waals surface area contributed by atoms with Gasteiger partial charge in [0.1, 0.15) is 18.2 Å². The second-order valence-corrected chi connectivity index (χ2v) is 9.81. The molecule has 1 aliphatic rings. The maximum atomic E-state index is 11.7. The Kier molecular flexibility index (Phi) is 6.13. The molecule has 2 aromatic heterocycles. The van der Waals surface area contributed by atoms with Gasteiger partial charge in [0.15, 0.2) is 5.15 Å². The minimum absolute atomic E-state index is 0.0727. The number of ether oxygens (including phenoxy) is 1. The molecule has 3 aromatic rings. The molecule has 33 heavy (non-hydrogen) atoms. The first kappa shape index (κ1) is 22.8. The molecule has 11 heteroatoms. The molecule has 0 amide bonds. The highest BCUT2D eigenvalue weighted by Gasteiger charge is 2.22. The summed E-state index contributed by atoms with van der Waals surface area (Å²) in [6.07, 6.45) is 6.01. The van der Waals surface area contributed by atoms with Gasteiger partial charge in [0.05, 0.1) is 18.5 Å². The van der Waals surface area contributed by atoms with Crippen LogP contribution >= 0.6 is 11.6 Å². The predicted octanol–water partition coefficient (Wildman–Crippen LogP) is 3.50. The summed E-state index contributed by atoms with van der Waals surface area (Å²) in [6, 6.07) is 5.63. The van der Waals surface area contributed by atoms with E-state index in [-0.39, 0.29) is 16.8 Å². The molecule has 9 nitrogen and oxygen atoms in total. The number of nitrogens with zero attached hydrogens (tertiary/aromatic N) is 4. The van der Waals surface area contributed by atoms with Crippen LogP contribution < -0.4 is 20.1 Å². The molecule has 0 unspecified atom stereocenters. The summed E-state index contributed by atoms with van der Waals surface area (Å²) in [7, 11) is -3.51. The number of fused-ring (bicyclic) bond motifs is 1. The summed E-state index contributed by atoms with van der Waals surface area (Å²) >= 11 is 6.09. The van der Waals surface area contributed by atoms with Crippen LogP contribution in [0.25, 0.3) is 17.2 Å². The summed E-state index contributed by atoms with van der Waals surface area (Å²) in [5, 5.41) is 0.0727. The largest absolute Gasteiger partial charge is 0.491 e. The highest BCUT2D eigenvalue weighted by molar-refractivity contribution is 7.92. The molecule has 4 rings (SSSR count). The standard InChI is InChI=1S/C22H23ClN6O3S/c1-4-14-10-26-22(24)27-21(14)29-5-6-32-19-13(2)7-15(8-17(19)12-29)16-9-18(20(23)25-11-16)28-33(3,30)31/h4,7-11,28H,1,5-6,12H2,2-3H3,(H2,24,26,27). The number of nitrogens with one attached hydrogen (secondary N) is 1. The number of aryl methyl sites for hydroxylation is 1. The van der Waals surface area contributed by atoms with E-state index in [1.807, 2.05) is 19.1 Å². The van der Waals surface area contributed by atoms with Crippen molar-refractivity contribution >= 4 is 45.2 Å². The molecular formula is C22H23ClN6O3S. The first-order valence-electron chi connectivity index (χ1n) is 10.0. The van der Waals surface area contributed by atoms with Crippen LogP contribution in [0.5, 0.6) is 5.75 Å². The van der Waals surface area contributed by atoms with Gasteiger partial charge < -0.3 is 15.4 Å². The van der Waals surface area contributed by atoms with Gasteiger partial charge in [0.2, 0.25) is 16.0 Å². The van der Waals surface area contributed by atoms with Gasteiger partial charge in [-0.1, -0.05) is 24.3 Å². The zero-order valence-electron chi connectivity index (χ0n) is 18.2. The predicted molar refractivity (Wildman–Crippen MR) is 131 cm³/mol. The number of halogens is 1. The number of sulfonamides is 1. The molecule has 0 aliphatic carbocycles. The van der Waals surface area contributed by atoms with Crippen LogP contribution in [0.1, 0.15) is 16.7 Å². The average molecular weight is 487 g/mol. The molecule has 3 heterocycles. The first-order chi connectivity index (χ1) is 15.6. The fraction of sp³-hybridized carbons (Fsp3) is 0.227. The highest BCUT2D eigenvalue weighted by Crippen LogP contribution is 2.36. The fourth-order valence-electron chi connectivity index (χ4n) is 3.73. The lowest BCUT2D eigenvalue weighted by atomic mass is 9.99. The lowest BCUT2D eigenvalue weighted by molar-refractivity contribution is 0.329. The Hall–Kier alpha value is -3.37. The second kappa shape index (κ2) is 8.87. The first-order valence-corrected chi connectivity index (χ1v) is 12.3. The molecule has 1 aliphatic heterocycles. The molecular weight excluding hydrogens is 464 g/mol. The Bertz CT molecular complexity index is 1350. The number of hydrogen-bond acceptors (Lipinski definition) is 8. The Morgan fingerprint density at radius 3 is 2.76 bits per heavy atom. The van der Waals surface area contributed by atoms with Crippen molar-refractivity contribution in [2.75, 3.05) is 34.8 Å². The van der Waals surface area contributed by atoms with Gasteiger partial charge in [-0.25, -0.2) is 18.4 Å². The number of nitrogens with two attached hydrogens (primary N) is 1. The average Bonchev–Trinajstić information content (AvgIpc) is 2.97. The molecule has 1 aromatic carbocycles. The molecule has 0 saturated carbocycles. The summed E-state index contributed by atoms with van der Waals surface area (Å²) in [5.41, 5.74) is 10.3. The van der Waals surface area contributed by atoms with E-state index < -0.39 is 10.0 Å². The van der Waals surface area contributed by atoms with Gasteiger partial charge in [0.25, 0.3) is 0 Å². The monoisotopic (exact) mass is 486 g/mol. The lowest BCUT2D eigenvalue weighted by Crippen LogP contribution is -2.27. The van der Waals surface area contributed by atoms with E-state index in [0.717, 1.165) is 34.3 Å². The third-order valence-corrected chi connectivity index (χ3v) is 6.01. The van der Waals surface area contributed by atoms with Gasteiger partial charge in [0, 0.05) is 35.6 Å². The van der Waals surface area contributed by atoms with Crippen molar-refractivity contribution < 1.29 is 13.2 Å². The Balaban J connectivity index is 1.75. The van der Waals surface area contributed by atoms with Crippen molar-refractivity contribution in [1.82, 2.24) is 15.0 Å². The summed E-state index contributed by atoms with van der Waals surface area (Å²) in [6.45, 7) is 7.41. The van der Waals surface area contributed by atoms with Crippen molar-refractivity contribution in [3.05, 3.63) is 59.0 Å². The maximum Gasteiger partial charge on any atom is 0.229 e. The number of anilines is 3. The molecule has 0 radical (unpaired) electrons. The quantitative estimate of drug-likeness (QED) is 0.525. The third-order valence-electron chi connectivity index (χ3n) is 5.12. The second-order valence-electron chi connectivity index (χ2n) is 7.70. The van der Waals surface area contributed by atoms with Crippen LogP contribution in [0.2, 0.25) is 5.15 Å². The van der Waals surface area contributed by atoms with Gasteiger partial charge >= 0.3 is 0 Å². The number of pyridine rings is 1. The van der Waals surface area contributed by atoms with Crippen molar-refractivity contribution in [1.29, 1.82) is 0 Å². The molecule has 0 bridgehead atoms. The Morgan fingerprint density at radius 2 is 2.03 bits per heavy atom. The van der Waals surface area contributed by atoms with Crippen LogP contribution in [0.4, 0.5) is 17.5 Å². The Morgan fingerprint density at radius 1 is 1.24 bits per heavy atom. The number of hydrogen-bond donors (Lipinski definition) is 2. The van der Waals surface area contributed by atoms with Gasteiger partial charge in [-0.15, -0.1) is 0 Å². The number of nitrogen functional groups attached to an aromatic ring is 1. The van der Waals surface area contributed by atoms with Crippen LogP contribution in [-0.2, 0) is 16.6 Å². The smallest absolute Gasteiger partial charge is 0.229 e. The van der Waals surface area contributed by atoms with Gasteiger partial charge in [-0.2, -0.15) is 4.98 Å². The van der Waals surface area contributed by atoms with E-state index in [9.17, 15) is 8.42 Å². The van der Waals surface area contributed by atoms with Crippen LogP contribution in [0.3, 0.4) is 0 Å². The maximum absolute atomic E-state index is 11.7. The number of rotatable bonds is 5. The van der Waals surface area contributed by atoms with Crippen molar-refractivity contribution in [3.8, 4) is 16.9 Å². The van der Waals surface area contributed by atoms with Crippen LogP contribution in [-0.4, -0.2) is 42.8 Å². The van der Waals surface area contributed by atoms with E-state index in [1.54, 1.807) is 24.5 Å². The topological polar surface area (TPSA) is 123 Å². The Labute approximate surface area is 197 Å². The van der Waals surface area contributed by atoms with E-state index >= 15 is 0 Å². The van der Waals surface area contributed by atoms with E-state index in [1.165, 1.54) is 0 Å². The van der Waals surface area contributed by atoms with Crippen molar-refractivity contribution in [2.24, 2.45) is 0 Å². The molecule has 0 fully saturated rings. The minimum Gasteiger partial charge on any atom is -0.491 e. The fourth-order valence-corrected chi connectivity index (χ4v) is 4.49. The van der Waals surface area contributed by atoms with Gasteiger partial charge in [-0.3, -0.25) is 4.72 Å². The summed E-state index contributed by atoms with van der Waals surface area (Å²) < 4.78 is 31.8. The summed E-state index contributed by atoms with van der Waals surface area (Å²) in [4.78, 5) is 14.7. The zero-order chi connectivity index (χ0) is 23.8. The lowest BCUT2D eigenvalue weighted by Gasteiger charge is -2.23. The molecule has 0 atom stereocenters. The third kappa shape index (κ3) is 5.01. The van der Waals surface area contributed by atoms with Crippen LogP contribution in [0, 0.1) is 6.92 Å². The number of benzene rings is 1. The SMILES string of the molecule is C=Cc1cnc(N)nc1N1CCOc2c(C)cc(-c3cnc(Cl)c(NS(C)(=O)=O)c3)cc2C1. The molecule has 0 spiro atoms. The number of aromatic nitrogens is 3. The normalized spacial score (nSPS) is 13.6. The highest BCUT2D eigenvalue weighted by atomic mass is 35.5. The van der Waals surface area contributed by atoms with E-state index in [4.69, 9.17) is 22.1 Å².